The number of hydrogen-bond donors (Lipinski definition) is 2. The molecule has 1 fully saturated rings. The van der Waals surface area contributed by atoms with Crippen molar-refractivity contribution in [2.45, 2.75) is 19.3 Å². The van der Waals surface area contributed by atoms with Crippen LogP contribution in [0.4, 0.5) is 27.5 Å². The van der Waals surface area contributed by atoms with Gasteiger partial charge in [-0.15, -0.1) is 0 Å². The Morgan fingerprint density at radius 1 is 0.862 bits per heavy atom. The summed E-state index contributed by atoms with van der Waals surface area (Å²) in [6.07, 6.45) is 4.98. The van der Waals surface area contributed by atoms with Gasteiger partial charge in [-0.05, 0) is 73.9 Å². The molecule has 4 rings (SSSR count). The van der Waals surface area contributed by atoms with Crippen molar-refractivity contribution in [2.75, 3.05) is 23.7 Å². The zero-order valence-corrected chi connectivity index (χ0v) is 15.9. The molecule has 1 aliphatic heterocycles. The van der Waals surface area contributed by atoms with Crippen molar-refractivity contribution in [3.05, 3.63) is 72.2 Å². The highest BCUT2D eigenvalue weighted by molar-refractivity contribution is 5.94. The van der Waals surface area contributed by atoms with E-state index in [1.165, 1.54) is 18.6 Å². The van der Waals surface area contributed by atoms with Crippen LogP contribution in [-0.4, -0.2) is 33.9 Å². The number of piperidine rings is 1. The maximum Gasteiger partial charge on any atom is 0.253 e. The van der Waals surface area contributed by atoms with Crippen molar-refractivity contribution in [1.29, 1.82) is 0 Å². The molecule has 7 heteroatoms. The lowest BCUT2D eigenvalue weighted by Gasteiger charge is -2.26. The number of carbonyl (C=O) groups excluding carboxylic acids is 1. The van der Waals surface area contributed by atoms with Gasteiger partial charge in [0, 0.05) is 36.2 Å². The van der Waals surface area contributed by atoms with Crippen LogP contribution in [0.3, 0.4) is 0 Å². The van der Waals surface area contributed by atoms with E-state index in [1.54, 1.807) is 24.4 Å². The van der Waals surface area contributed by atoms with Crippen LogP contribution in [0.15, 0.2) is 60.8 Å². The predicted octanol–water partition coefficient (Wildman–Crippen LogP) is 4.73. The minimum absolute atomic E-state index is 0.0815. The molecule has 2 N–H and O–H groups in total. The summed E-state index contributed by atoms with van der Waals surface area (Å²) in [5.41, 5.74) is 2.21. The molecule has 0 radical (unpaired) electrons. The first-order valence-electron chi connectivity index (χ1n) is 9.69. The van der Waals surface area contributed by atoms with Gasteiger partial charge in [-0.1, -0.05) is 0 Å². The summed E-state index contributed by atoms with van der Waals surface area (Å²) in [5, 5.41) is 6.25. The minimum Gasteiger partial charge on any atom is -0.340 e. The fraction of sp³-hybridized carbons (Fsp3) is 0.227. The summed E-state index contributed by atoms with van der Waals surface area (Å²) >= 11 is 0. The summed E-state index contributed by atoms with van der Waals surface area (Å²) in [5.74, 6) is 0.805. The van der Waals surface area contributed by atoms with E-state index in [9.17, 15) is 9.18 Å². The molecule has 1 saturated heterocycles. The van der Waals surface area contributed by atoms with Gasteiger partial charge in [-0.25, -0.2) is 9.37 Å². The van der Waals surface area contributed by atoms with Gasteiger partial charge in [-0.3, -0.25) is 4.79 Å². The zero-order chi connectivity index (χ0) is 20.1. The van der Waals surface area contributed by atoms with Gasteiger partial charge >= 0.3 is 0 Å². The zero-order valence-electron chi connectivity index (χ0n) is 15.9. The highest BCUT2D eigenvalue weighted by atomic mass is 19.1. The molecule has 29 heavy (non-hydrogen) atoms. The number of aromatic nitrogens is 2. The normalized spacial score (nSPS) is 13.8. The first-order valence-corrected chi connectivity index (χ1v) is 9.69. The lowest BCUT2D eigenvalue weighted by atomic mass is 10.1. The van der Waals surface area contributed by atoms with Crippen LogP contribution in [0.1, 0.15) is 29.6 Å². The van der Waals surface area contributed by atoms with Gasteiger partial charge in [0.2, 0.25) is 5.95 Å². The molecule has 0 atom stereocenters. The Labute approximate surface area is 168 Å². The second-order valence-electron chi connectivity index (χ2n) is 6.95. The van der Waals surface area contributed by atoms with Crippen molar-refractivity contribution in [1.82, 2.24) is 14.9 Å². The number of amides is 1. The molecule has 0 saturated carbocycles. The highest BCUT2D eigenvalue weighted by Crippen LogP contribution is 2.19. The van der Waals surface area contributed by atoms with Crippen LogP contribution in [-0.2, 0) is 0 Å². The first-order chi connectivity index (χ1) is 14.2. The third-order valence-corrected chi connectivity index (χ3v) is 4.80. The largest absolute Gasteiger partial charge is 0.340 e. The number of nitrogens with zero attached hydrogens (tertiary/aromatic N) is 3. The quantitative estimate of drug-likeness (QED) is 0.658. The number of carbonyl (C=O) groups is 1. The van der Waals surface area contributed by atoms with Gasteiger partial charge in [-0.2, -0.15) is 4.98 Å². The summed E-state index contributed by atoms with van der Waals surface area (Å²) in [7, 11) is 0. The summed E-state index contributed by atoms with van der Waals surface area (Å²) in [6, 6.07) is 15.1. The van der Waals surface area contributed by atoms with Crippen LogP contribution in [0.25, 0.3) is 0 Å². The molecule has 1 amide bonds. The van der Waals surface area contributed by atoms with Gasteiger partial charge in [0.1, 0.15) is 11.6 Å². The van der Waals surface area contributed by atoms with Crippen LogP contribution in [0.5, 0.6) is 0 Å². The molecule has 0 spiro atoms. The number of halogens is 1. The molecule has 2 aromatic carbocycles. The Morgan fingerprint density at radius 2 is 1.52 bits per heavy atom. The number of rotatable bonds is 5. The molecule has 1 aromatic heterocycles. The summed E-state index contributed by atoms with van der Waals surface area (Å²) in [6.45, 7) is 1.67. The van der Waals surface area contributed by atoms with Crippen LogP contribution >= 0.6 is 0 Å². The lowest BCUT2D eigenvalue weighted by molar-refractivity contribution is 0.0724. The van der Waals surface area contributed by atoms with Crippen LogP contribution in [0.2, 0.25) is 0 Å². The van der Waals surface area contributed by atoms with Crippen molar-refractivity contribution in [2.24, 2.45) is 0 Å². The van der Waals surface area contributed by atoms with Crippen LogP contribution < -0.4 is 10.6 Å². The average Bonchev–Trinajstić information content (AvgIpc) is 2.76. The maximum atomic E-state index is 13.0. The number of likely N-dealkylation sites (tertiary alicyclic amines) is 1. The Hall–Kier alpha value is -3.48. The van der Waals surface area contributed by atoms with Crippen molar-refractivity contribution >= 4 is 29.0 Å². The molecule has 2 heterocycles. The number of benzene rings is 2. The fourth-order valence-corrected chi connectivity index (χ4v) is 3.27. The molecule has 6 nitrogen and oxygen atoms in total. The lowest BCUT2D eigenvalue weighted by Crippen LogP contribution is -2.35. The van der Waals surface area contributed by atoms with E-state index in [0.29, 0.717) is 17.3 Å². The molecule has 148 valence electrons. The van der Waals surface area contributed by atoms with E-state index in [1.807, 2.05) is 29.2 Å². The van der Waals surface area contributed by atoms with E-state index in [-0.39, 0.29) is 11.7 Å². The third-order valence-electron chi connectivity index (χ3n) is 4.80. The van der Waals surface area contributed by atoms with Crippen molar-refractivity contribution < 1.29 is 9.18 Å². The molecule has 0 aliphatic carbocycles. The number of nitrogens with one attached hydrogen (secondary N) is 2. The van der Waals surface area contributed by atoms with Crippen molar-refractivity contribution in [3.63, 3.8) is 0 Å². The fourth-order valence-electron chi connectivity index (χ4n) is 3.27. The highest BCUT2D eigenvalue weighted by Gasteiger charge is 2.17. The Morgan fingerprint density at radius 3 is 2.24 bits per heavy atom. The molecule has 3 aromatic rings. The third kappa shape index (κ3) is 4.87. The summed E-state index contributed by atoms with van der Waals surface area (Å²) in [4.78, 5) is 23.1. The number of hydrogen-bond acceptors (Lipinski definition) is 5. The molecule has 0 bridgehead atoms. The first kappa shape index (κ1) is 18.9. The van der Waals surface area contributed by atoms with E-state index >= 15 is 0 Å². The predicted molar refractivity (Wildman–Crippen MR) is 111 cm³/mol. The molecule has 1 aliphatic rings. The van der Waals surface area contributed by atoms with Gasteiger partial charge in [0.25, 0.3) is 5.91 Å². The maximum absolute atomic E-state index is 13.0. The second kappa shape index (κ2) is 8.68. The topological polar surface area (TPSA) is 70.1 Å². The Kier molecular flexibility index (Phi) is 5.65. The molecular formula is C22H22FN5O. The van der Waals surface area contributed by atoms with Crippen molar-refractivity contribution in [3.8, 4) is 0 Å². The van der Waals surface area contributed by atoms with E-state index < -0.39 is 0 Å². The van der Waals surface area contributed by atoms with Gasteiger partial charge < -0.3 is 15.5 Å². The second-order valence-corrected chi connectivity index (χ2v) is 6.95. The Bertz CT molecular complexity index is 969. The van der Waals surface area contributed by atoms with Gasteiger partial charge in [0.05, 0.1) is 0 Å². The van der Waals surface area contributed by atoms with Gasteiger partial charge in [0.15, 0.2) is 0 Å². The average molecular weight is 391 g/mol. The standard InChI is InChI=1S/C22H22FN5O/c23-17-6-10-18(11-7-17)25-20-12-13-24-22(27-20)26-19-8-4-16(5-9-19)21(29)28-14-2-1-3-15-28/h4-13H,1-3,14-15H2,(H2,24,25,26,27). The SMILES string of the molecule is O=C(c1ccc(Nc2nccc(Nc3ccc(F)cc3)n2)cc1)N1CCCCC1. The molecule has 0 unspecified atom stereocenters. The van der Waals surface area contributed by atoms with E-state index in [2.05, 4.69) is 20.6 Å². The minimum atomic E-state index is -0.289. The van der Waals surface area contributed by atoms with E-state index in [0.717, 1.165) is 37.3 Å². The Balaban J connectivity index is 1.41. The van der Waals surface area contributed by atoms with E-state index in [4.69, 9.17) is 0 Å². The smallest absolute Gasteiger partial charge is 0.253 e. The molecular weight excluding hydrogens is 369 g/mol. The number of anilines is 4. The monoisotopic (exact) mass is 391 g/mol. The summed E-state index contributed by atoms with van der Waals surface area (Å²) < 4.78 is 13.0. The van der Waals surface area contributed by atoms with Crippen LogP contribution in [0, 0.1) is 5.82 Å².